The van der Waals surface area contributed by atoms with Crippen molar-refractivity contribution in [1.29, 1.82) is 0 Å². The summed E-state index contributed by atoms with van der Waals surface area (Å²) in [5, 5.41) is 3.45. The van der Waals surface area contributed by atoms with Crippen molar-refractivity contribution in [3.05, 3.63) is 62.7 Å². The second kappa shape index (κ2) is 12.0. The molecule has 0 radical (unpaired) electrons. The molecular formula is C22H26ClIN2O3. The highest BCUT2D eigenvalue weighted by atomic mass is 127. The molecule has 1 N–H and O–H groups in total. The van der Waals surface area contributed by atoms with Crippen molar-refractivity contribution in [2.45, 2.75) is 39.3 Å². The smallest absolute Gasteiger partial charge is 0.261 e. The first kappa shape index (κ1) is 23.5. The Balaban J connectivity index is 2.19. The predicted molar refractivity (Wildman–Crippen MR) is 124 cm³/mol. The topological polar surface area (TPSA) is 58.6 Å². The van der Waals surface area contributed by atoms with E-state index < -0.39 is 6.04 Å². The Morgan fingerprint density at radius 2 is 1.83 bits per heavy atom. The minimum atomic E-state index is -0.592. The number of hydrogen-bond donors (Lipinski definition) is 1. The van der Waals surface area contributed by atoms with Gasteiger partial charge in [-0.25, -0.2) is 0 Å². The lowest BCUT2D eigenvalue weighted by Gasteiger charge is -2.30. The highest BCUT2D eigenvalue weighted by Gasteiger charge is 2.29. The SMILES string of the molecule is CCCNC(=O)C(CC)N(Cc1ccccc1Cl)C(=O)COc1ccc(I)cc1. The fraction of sp³-hybridized carbons (Fsp3) is 0.364. The largest absolute Gasteiger partial charge is 0.484 e. The van der Waals surface area contributed by atoms with Crippen LogP contribution in [-0.2, 0) is 16.1 Å². The van der Waals surface area contributed by atoms with Crippen molar-refractivity contribution in [3.8, 4) is 5.75 Å². The van der Waals surface area contributed by atoms with Gasteiger partial charge in [-0.1, -0.05) is 43.6 Å². The highest BCUT2D eigenvalue weighted by molar-refractivity contribution is 14.1. The normalized spacial score (nSPS) is 11.6. The van der Waals surface area contributed by atoms with E-state index in [0.717, 1.165) is 15.6 Å². The van der Waals surface area contributed by atoms with Crippen LogP contribution in [0.2, 0.25) is 5.02 Å². The summed E-state index contributed by atoms with van der Waals surface area (Å²) in [6.07, 6.45) is 1.33. The summed E-state index contributed by atoms with van der Waals surface area (Å²) >= 11 is 8.51. The zero-order valence-corrected chi connectivity index (χ0v) is 19.6. The number of benzene rings is 2. The number of amides is 2. The number of halogens is 2. The van der Waals surface area contributed by atoms with Gasteiger partial charge in [-0.05, 0) is 71.3 Å². The van der Waals surface area contributed by atoms with Gasteiger partial charge in [0.05, 0.1) is 0 Å². The van der Waals surface area contributed by atoms with E-state index in [9.17, 15) is 9.59 Å². The molecule has 0 saturated heterocycles. The predicted octanol–water partition coefficient (Wildman–Crippen LogP) is 4.66. The second-order valence-corrected chi connectivity index (χ2v) is 8.22. The maximum Gasteiger partial charge on any atom is 0.261 e. The minimum Gasteiger partial charge on any atom is -0.484 e. The number of nitrogens with zero attached hydrogens (tertiary/aromatic N) is 1. The first-order valence-corrected chi connectivity index (χ1v) is 11.1. The highest BCUT2D eigenvalue weighted by Crippen LogP contribution is 2.20. The van der Waals surface area contributed by atoms with Gasteiger partial charge in [-0.2, -0.15) is 0 Å². The molecule has 156 valence electrons. The zero-order chi connectivity index (χ0) is 21.2. The minimum absolute atomic E-state index is 0.150. The van der Waals surface area contributed by atoms with Crippen LogP contribution in [0, 0.1) is 3.57 Å². The van der Waals surface area contributed by atoms with Crippen LogP contribution >= 0.6 is 34.2 Å². The molecule has 0 heterocycles. The average Bonchev–Trinajstić information content (AvgIpc) is 2.72. The Hall–Kier alpha value is -1.80. The van der Waals surface area contributed by atoms with Crippen LogP contribution in [-0.4, -0.2) is 35.9 Å². The van der Waals surface area contributed by atoms with Gasteiger partial charge in [-0.3, -0.25) is 9.59 Å². The number of hydrogen-bond acceptors (Lipinski definition) is 3. The monoisotopic (exact) mass is 528 g/mol. The van der Waals surface area contributed by atoms with Crippen molar-refractivity contribution in [2.75, 3.05) is 13.2 Å². The van der Waals surface area contributed by atoms with E-state index in [4.69, 9.17) is 16.3 Å². The molecule has 0 aliphatic rings. The molecule has 0 fully saturated rings. The zero-order valence-electron chi connectivity index (χ0n) is 16.7. The fourth-order valence-corrected chi connectivity index (χ4v) is 3.41. The van der Waals surface area contributed by atoms with E-state index in [1.807, 2.05) is 56.3 Å². The van der Waals surface area contributed by atoms with Gasteiger partial charge in [0.1, 0.15) is 11.8 Å². The van der Waals surface area contributed by atoms with Crippen LogP contribution < -0.4 is 10.1 Å². The van der Waals surface area contributed by atoms with Gasteiger partial charge in [-0.15, -0.1) is 0 Å². The molecule has 1 atom stereocenters. The third-order valence-corrected chi connectivity index (χ3v) is 5.50. The van der Waals surface area contributed by atoms with Gasteiger partial charge >= 0.3 is 0 Å². The van der Waals surface area contributed by atoms with E-state index in [1.165, 1.54) is 0 Å². The summed E-state index contributed by atoms with van der Waals surface area (Å²) in [7, 11) is 0. The number of rotatable bonds is 10. The molecule has 2 aromatic carbocycles. The molecule has 29 heavy (non-hydrogen) atoms. The summed E-state index contributed by atoms with van der Waals surface area (Å²) < 4.78 is 6.75. The second-order valence-electron chi connectivity index (χ2n) is 6.57. The van der Waals surface area contributed by atoms with Crippen LogP contribution in [0.15, 0.2) is 48.5 Å². The summed E-state index contributed by atoms with van der Waals surface area (Å²) in [5.74, 6) is 0.186. The van der Waals surface area contributed by atoms with Gasteiger partial charge in [0, 0.05) is 21.7 Å². The summed E-state index contributed by atoms with van der Waals surface area (Å²) in [6.45, 7) is 4.55. The van der Waals surface area contributed by atoms with Crippen LogP contribution in [0.1, 0.15) is 32.3 Å². The maximum absolute atomic E-state index is 13.1. The molecule has 5 nitrogen and oxygen atoms in total. The van der Waals surface area contributed by atoms with Crippen LogP contribution in [0.3, 0.4) is 0 Å². The number of carbonyl (C=O) groups excluding carboxylic acids is 2. The molecule has 1 unspecified atom stereocenters. The number of carbonyl (C=O) groups is 2. The van der Waals surface area contributed by atoms with Crippen molar-refractivity contribution >= 4 is 46.0 Å². The summed E-state index contributed by atoms with van der Waals surface area (Å²) in [5.41, 5.74) is 0.790. The third-order valence-electron chi connectivity index (χ3n) is 4.41. The van der Waals surface area contributed by atoms with Crippen molar-refractivity contribution in [2.24, 2.45) is 0 Å². The molecule has 2 amide bonds. The molecule has 0 aliphatic carbocycles. The molecular weight excluding hydrogens is 503 g/mol. The first-order chi connectivity index (χ1) is 14.0. The quantitative estimate of drug-likeness (QED) is 0.457. The standard InChI is InChI=1S/C22H26ClIN2O3/c1-3-13-25-22(28)20(4-2)26(14-16-7-5-6-8-19(16)23)21(27)15-29-18-11-9-17(24)10-12-18/h5-12,20H,3-4,13-15H2,1-2H3,(H,25,28). The Morgan fingerprint density at radius 3 is 2.45 bits per heavy atom. The third kappa shape index (κ3) is 7.19. The Kier molecular flexibility index (Phi) is 9.73. The van der Waals surface area contributed by atoms with Crippen LogP contribution in [0.25, 0.3) is 0 Å². The van der Waals surface area contributed by atoms with Crippen LogP contribution in [0.4, 0.5) is 0 Å². The van der Waals surface area contributed by atoms with Gasteiger partial charge < -0.3 is 15.0 Å². The molecule has 2 rings (SSSR count). The van der Waals surface area contributed by atoms with E-state index in [0.29, 0.717) is 23.7 Å². The van der Waals surface area contributed by atoms with Crippen molar-refractivity contribution in [1.82, 2.24) is 10.2 Å². The Labute approximate surface area is 190 Å². The number of ether oxygens (including phenoxy) is 1. The average molecular weight is 529 g/mol. The number of nitrogens with one attached hydrogen (secondary N) is 1. The molecule has 2 aromatic rings. The Morgan fingerprint density at radius 1 is 1.14 bits per heavy atom. The van der Waals surface area contributed by atoms with Crippen molar-refractivity contribution in [3.63, 3.8) is 0 Å². The maximum atomic E-state index is 13.1. The van der Waals surface area contributed by atoms with E-state index in [1.54, 1.807) is 11.0 Å². The van der Waals surface area contributed by atoms with E-state index in [2.05, 4.69) is 27.9 Å². The van der Waals surface area contributed by atoms with Crippen molar-refractivity contribution < 1.29 is 14.3 Å². The fourth-order valence-electron chi connectivity index (χ4n) is 2.85. The lowest BCUT2D eigenvalue weighted by Crippen LogP contribution is -2.50. The van der Waals surface area contributed by atoms with Gasteiger partial charge in [0.25, 0.3) is 5.91 Å². The Bertz CT molecular complexity index is 814. The molecule has 0 spiro atoms. The van der Waals surface area contributed by atoms with Crippen LogP contribution in [0.5, 0.6) is 5.75 Å². The lowest BCUT2D eigenvalue weighted by atomic mass is 10.1. The summed E-state index contributed by atoms with van der Waals surface area (Å²) in [4.78, 5) is 27.3. The molecule has 0 saturated carbocycles. The van der Waals surface area contributed by atoms with E-state index >= 15 is 0 Å². The van der Waals surface area contributed by atoms with Gasteiger partial charge in [0.15, 0.2) is 6.61 Å². The summed E-state index contributed by atoms with van der Waals surface area (Å²) in [6, 6.07) is 14.2. The van der Waals surface area contributed by atoms with E-state index in [-0.39, 0.29) is 25.0 Å². The molecule has 0 aliphatic heterocycles. The van der Waals surface area contributed by atoms with Gasteiger partial charge in [0.2, 0.25) is 5.91 Å². The molecule has 0 aromatic heterocycles. The molecule has 7 heteroatoms. The molecule has 0 bridgehead atoms. The first-order valence-electron chi connectivity index (χ1n) is 9.65. The lowest BCUT2D eigenvalue weighted by molar-refractivity contribution is -0.143.